The van der Waals surface area contributed by atoms with Crippen molar-refractivity contribution in [1.82, 2.24) is 9.78 Å². The van der Waals surface area contributed by atoms with Crippen LogP contribution in [0.15, 0.2) is 53.3 Å². The number of hydrogen-bond donors (Lipinski definition) is 1. The molecule has 2 aromatic carbocycles. The van der Waals surface area contributed by atoms with Gasteiger partial charge in [-0.25, -0.2) is 4.68 Å². The highest BCUT2D eigenvalue weighted by Crippen LogP contribution is 2.33. The molecule has 0 aliphatic rings. The SMILES string of the molecule is CC[C@H](C(=O)Nc1ccc(OC)cc1)n1nc(C)c2sc3ccccc3c2c1=O. The zero-order chi connectivity index (χ0) is 20.5. The topological polar surface area (TPSA) is 73.2 Å². The van der Waals surface area contributed by atoms with E-state index in [9.17, 15) is 9.59 Å². The molecule has 0 unspecified atom stereocenters. The van der Waals surface area contributed by atoms with E-state index in [0.29, 0.717) is 23.2 Å². The van der Waals surface area contributed by atoms with Gasteiger partial charge < -0.3 is 10.1 Å². The summed E-state index contributed by atoms with van der Waals surface area (Å²) in [5.41, 5.74) is 1.15. The third-order valence-electron chi connectivity index (χ3n) is 4.95. The van der Waals surface area contributed by atoms with Crippen LogP contribution in [0, 0.1) is 6.92 Å². The molecule has 4 aromatic rings. The van der Waals surface area contributed by atoms with Crippen molar-refractivity contribution in [3.05, 3.63) is 64.6 Å². The van der Waals surface area contributed by atoms with E-state index in [2.05, 4.69) is 10.4 Å². The second-order valence-corrected chi connectivity index (χ2v) is 7.83. The Morgan fingerprint density at radius 1 is 1.21 bits per heavy atom. The number of nitrogens with one attached hydrogen (secondary N) is 1. The van der Waals surface area contributed by atoms with Gasteiger partial charge >= 0.3 is 0 Å². The second-order valence-electron chi connectivity index (χ2n) is 6.78. The van der Waals surface area contributed by atoms with Crippen LogP contribution in [-0.2, 0) is 4.79 Å². The van der Waals surface area contributed by atoms with Crippen LogP contribution in [0.4, 0.5) is 5.69 Å². The smallest absolute Gasteiger partial charge is 0.276 e. The number of aryl methyl sites for hydroxylation is 1. The number of amides is 1. The lowest BCUT2D eigenvalue weighted by molar-refractivity contribution is -0.119. The van der Waals surface area contributed by atoms with E-state index in [4.69, 9.17) is 4.74 Å². The van der Waals surface area contributed by atoms with Gasteiger partial charge in [-0.1, -0.05) is 25.1 Å². The number of thiophene rings is 1. The standard InChI is InChI=1S/C22H21N3O3S/c1-4-17(21(26)23-14-9-11-15(28-3)12-10-14)25-22(27)19-16-7-5-6-8-18(16)29-20(19)13(2)24-25/h5-12,17H,4H2,1-3H3,(H,23,26)/t17-/m1/s1. The molecule has 1 N–H and O–H groups in total. The fraction of sp³-hybridized carbons (Fsp3) is 0.227. The molecule has 0 aliphatic carbocycles. The average molecular weight is 407 g/mol. The number of anilines is 1. The van der Waals surface area contributed by atoms with E-state index in [1.54, 1.807) is 42.7 Å². The average Bonchev–Trinajstić information content (AvgIpc) is 3.13. The number of fused-ring (bicyclic) bond motifs is 3. The number of nitrogens with zero attached hydrogens (tertiary/aromatic N) is 2. The third kappa shape index (κ3) is 3.38. The van der Waals surface area contributed by atoms with Gasteiger partial charge in [0.05, 0.1) is 22.9 Å². The maximum atomic E-state index is 13.3. The van der Waals surface area contributed by atoms with Crippen LogP contribution >= 0.6 is 11.3 Å². The highest BCUT2D eigenvalue weighted by atomic mass is 32.1. The molecule has 0 aliphatic heterocycles. The maximum Gasteiger partial charge on any atom is 0.276 e. The second kappa shape index (κ2) is 7.67. The first kappa shape index (κ1) is 19.1. The Morgan fingerprint density at radius 3 is 2.62 bits per heavy atom. The predicted octanol–water partition coefficient (Wildman–Crippen LogP) is 4.52. The van der Waals surface area contributed by atoms with Crippen molar-refractivity contribution >= 4 is 43.1 Å². The lowest BCUT2D eigenvalue weighted by Crippen LogP contribution is -2.35. The first-order chi connectivity index (χ1) is 14.0. The van der Waals surface area contributed by atoms with Crippen molar-refractivity contribution < 1.29 is 9.53 Å². The van der Waals surface area contributed by atoms with Crippen LogP contribution in [0.5, 0.6) is 5.75 Å². The summed E-state index contributed by atoms with van der Waals surface area (Å²) in [6, 6.07) is 14.2. The quantitative estimate of drug-likeness (QED) is 0.528. The molecule has 2 heterocycles. The number of ether oxygens (including phenoxy) is 1. The summed E-state index contributed by atoms with van der Waals surface area (Å²) in [6.07, 6.45) is 0.446. The molecule has 0 saturated heterocycles. The number of aromatic nitrogens is 2. The highest BCUT2D eigenvalue weighted by molar-refractivity contribution is 7.26. The molecule has 6 nitrogen and oxygen atoms in total. The molecule has 0 fully saturated rings. The van der Waals surface area contributed by atoms with E-state index < -0.39 is 6.04 Å². The minimum absolute atomic E-state index is 0.236. The molecule has 4 rings (SSSR count). The van der Waals surface area contributed by atoms with Crippen molar-refractivity contribution in [2.24, 2.45) is 0 Å². The monoisotopic (exact) mass is 407 g/mol. The molecular weight excluding hydrogens is 386 g/mol. The molecule has 0 radical (unpaired) electrons. The van der Waals surface area contributed by atoms with Crippen molar-refractivity contribution in [3.63, 3.8) is 0 Å². The fourth-order valence-electron chi connectivity index (χ4n) is 3.46. The normalized spacial score (nSPS) is 12.2. The number of methoxy groups -OCH3 is 1. The third-order valence-corrected chi connectivity index (χ3v) is 6.23. The summed E-state index contributed by atoms with van der Waals surface area (Å²) in [4.78, 5) is 26.3. The number of carbonyl (C=O) groups is 1. The molecule has 29 heavy (non-hydrogen) atoms. The van der Waals surface area contributed by atoms with Gasteiger partial charge in [-0.2, -0.15) is 5.10 Å². The lowest BCUT2D eigenvalue weighted by atomic mass is 10.1. The van der Waals surface area contributed by atoms with Gasteiger partial charge in [0.25, 0.3) is 5.56 Å². The molecule has 1 atom stereocenters. The van der Waals surface area contributed by atoms with Gasteiger partial charge in [-0.05, 0) is 43.7 Å². The Morgan fingerprint density at radius 2 is 1.93 bits per heavy atom. The minimum Gasteiger partial charge on any atom is -0.497 e. The molecule has 148 valence electrons. The maximum absolute atomic E-state index is 13.3. The first-order valence-electron chi connectivity index (χ1n) is 9.39. The minimum atomic E-state index is -0.702. The molecule has 0 saturated carbocycles. The van der Waals surface area contributed by atoms with Crippen LogP contribution < -0.4 is 15.6 Å². The van der Waals surface area contributed by atoms with E-state index in [1.165, 1.54) is 4.68 Å². The number of hydrogen-bond acceptors (Lipinski definition) is 5. The van der Waals surface area contributed by atoms with Gasteiger partial charge in [0.1, 0.15) is 11.8 Å². The summed E-state index contributed by atoms with van der Waals surface area (Å²) in [7, 11) is 1.59. The van der Waals surface area contributed by atoms with Crippen molar-refractivity contribution in [3.8, 4) is 5.75 Å². The summed E-state index contributed by atoms with van der Waals surface area (Å²) in [5.74, 6) is 0.434. The highest BCUT2D eigenvalue weighted by Gasteiger charge is 2.24. The molecule has 0 bridgehead atoms. The van der Waals surface area contributed by atoms with Crippen molar-refractivity contribution in [2.75, 3.05) is 12.4 Å². The van der Waals surface area contributed by atoms with Crippen molar-refractivity contribution in [2.45, 2.75) is 26.3 Å². The first-order valence-corrected chi connectivity index (χ1v) is 10.2. The Hall–Kier alpha value is -3.19. The van der Waals surface area contributed by atoms with Crippen molar-refractivity contribution in [1.29, 1.82) is 0 Å². The molecule has 1 amide bonds. The van der Waals surface area contributed by atoms with Gasteiger partial charge in [-0.15, -0.1) is 11.3 Å². The van der Waals surface area contributed by atoms with Crippen LogP contribution in [0.2, 0.25) is 0 Å². The summed E-state index contributed by atoms with van der Waals surface area (Å²) in [6.45, 7) is 3.75. The summed E-state index contributed by atoms with van der Waals surface area (Å²) in [5, 5.41) is 8.91. The van der Waals surface area contributed by atoms with Crippen LogP contribution in [0.25, 0.3) is 20.2 Å². The number of benzene rings is 2. The molecule has 7 heteroatoms. The predicted molar refractivity (Wildman–Crippen MR) is 117 cm³/mol. The number of rotatable bonds is 5. The fourth-order valence-corrected chi connectivity index (χ4v) is 4.59. The van der Waals surface area contributed by atoms with E-state index >= 15 is 0 Å². The summed E-state index contributed by atoms with van der Waals surface area (Å²) < 4.78 is 8.38. The van der Waals surface area contributed by atoms with Gasteiger partial charge in [-0.3, -0.25) is 9.59 Å². The van der Waals surface area contributed by atoms with Gasteiger partial charge in [0, 0.05) is 15.8 Å². The van der Waals surface area contributed by atoms with E-state index in [-0.39, 0.29) is 11.5 Å². The van der Waals surface area contributed by atoms with E-state index in [1.807, 2.05) is 38.1 Å². The molecule has 0 spiro atoms. The zero-order valence-electron chi connectivity index (χ0n) is 16.4. The molecular formula is C22H21N3O3S. The lowest BCUT2D eigenvalue weighted by Gasteiger charge is -2.17. The van der Waals surface area contributed by atoms with Crippen LogP contribution in [-0.4, -0.2) is 22.8 Å². The van der Waals surface area contributed by atoms with Gasteiger partial charge in [0.15, 0.2) is 0 Å². The van der Waals surface area contributed by atoms with Crippen LogP contribution in [0.3, 0.4) is 0 Å². The van der Waals surface area contributed by atoms with Crippen LogP contribution in [0.1, 0.15) is 25.1 Å². The Labute approximate surface area is 171 Å². The number of carbonyl (C=O) groups excluding carboxylic acids is 1. The van der Waals surface area contributed by atoms with Gasteiger partial charge in [0.2, 0.25) is 5.91 Å². The zero-order valence-corrected chi connectivity index (χ0v) is 17.2. The van der Waals surface area contributed by atoms with E-state index in [0.717, 1.165) is 20.5 Å². The molecule has 2 aromatic heterocycles. The Kier molecular flexibility index (Phi) is 5.07. The summed E-state index contributed by atoms with van der Waals surface area (Å²) >= 11 is 1.56. The largest absolute Gasteiger partial charge is 0.497 e. The Bertz CT molecular complexity index is 1260. The Balaban J connectivity index is 1.76.